The highest BCUT2D eigenvalue weighted by Crippen LogP contribution is 2.18. The number of hydrogen-bond donors (Lipinski definition) is 2. The fourth-order valence-corrected chi connectivity index (χ4v) is 1.43. The third-order valence-corrected chi connectivity index (χ3v) is 2.09. The summed E-state index contributed by atoms with van der Waals surface area (Å²) in [7, 11) is 0. The van der Waals surface area contributed by atoms with E-state index in [9.17, 15) is 4.79 Å². The molecule has 3 N–H and O–H groups in total. The van der Waals surface area contributed by atoms with Crippen LogP contribution < -0.4 is 11.1 Å². The van der Waals surface area contributed by atoms with E-state index in [2.05, 4.69) is 5.32 Å². The molecule has 2 rings (SSSR count). The van der Waals surface area contributed by atoms with Crippen LogP contribution in [0.2, 0.25) is 0 Å². The monoisotopic (exact) mass is 198 g/mol. The second-order valence-corrected chi connectivity index (χ2v) is 2.90. The zero-order chi connectivity index (χ0) is 8.55. The predicted molar refractivity (Wildman–Crippen MR) is 53.0 cm³/mol. The summed E-state index contributed by atoms with van der Waals surface area (Å²) in [4.78, 5) is 11.3. The molecule has 4 heteroatoms. The van der Waals surface area contributed by atoms with Crippen molar-refractivity contribution in [1.82, 2.24) is 5.32 Å². The van der Waals surface area contributed by atoms with Gasteiger partial charge in [0.25, 0.3) is 5.91 Å². The number of nitrogens with two attached hydrogens (primary N) is 1. The van der Waals surface area contributed by atoms with Crippen LogP contribution >= 0.6 is 12.4 Å². The van der Waals surface area contributed by atoms with E-state index in [0.717, 1.165) is 5.56 Å². The third-order valence-electron chi connectivity index (χ3n) is 2.09. The van der Waals surface area contributed by atoms with E-state index in [0.29, 0.717) is 12.1 Å². The lowest BCUT2D eigenvalue weighted by Gasteiger charge is -2.21. The summed E-state index contributed by atoms with van der Waals surface area (Å²) < 4.78 is 0. The van der Waals surface area contributed by atoms with E-state index in [-0.39, 0.29) is 24.4 Å². The Labute approximate surface area is 82.7 Å². The van der Waals surface area contributed by atoms with Crippen molar-refractivity contribution in [3.63, 3.8) is 0 Å². The minimum Gasteiger partial charge on any atom is -0.350 e. The molecule has 1 unspecified atom stereocenters. The number of nitrogens with one attached hydrogen (secondary N) is 1. The number of hydrogen-bond acceptors (Lipinski definition) is 2. The lowest BCUT2D eigenvalue weighted by molar-refractivity contribution is 0.0940. The van der Waals surface area contributed by atoms with E-state index in [1.807, 2.05) is 18.2 Å². The van der Waals surface area contributed by atoms with Gasteiger partial charge < -0.3 is 11.1 Å². The molecule has 0 aliphatic carbocycles. The summed E-state index contributed by atoms with van der Waals surface area (Å²) in [6.45, 7) is 0.538. The molecule has 0 aromatic heterocycles. The van der Waals surface area contributed by atoms with E-state index in [1.54, 1.807) is 6.07 Å². The molecule has 3 nitrogen and oxygen atoms in total. The maximum atomic E-state index is 11.3. The normalized spacial score (nSPS) is 19.8. The molecule has 1 aromatic rings. The van der Waals surface area contributed by atoms with E-state index < -0.39 is 0 Å². The second-order valence-electron chi connectivity index (χ2n) is 2.90. The molecule has 13 heavy (non-hydrogen) atoms. The van der Waals surface area contributed by atoms with Gasteiger partial charge in [-0.25, -0.2) is 0 Å². The quantitative estimate of drug-likeness (QED) is 0.650. The Morgan fingerprint density at radius 3 is 2.77 bits per heavy atom. The molecular weight excluding hydrogens is 188 g/mol. The average molecular weight is 199 g/mol. The van der Waals surface area contributed by atoms with Crippen LogP contribution in [0.15, 0.2) is 24.3 Å². The van der Waals surface area contributed by atoms with Crippen LogP contribution in [0.25, 0.3) is 0 Å². The van der Waals surface area contributed by atoms with Gasteiger partial charge in [0, 0.05) is 18.2 Å². The Kier molecular flexibility index (Phi) is 2.90. The molecular formula is C9H11ClN2O. The van der Waals surface area contributed by atoms with Crippen molar-refractivity contribution in [2.24, 2.45) is 5.73 Å². The summed E-state index contributed by atoms with van der Waals surface area (Å²) in [5, 5.41) is 2.72. The highest BCUT2D eigenvalue weighted by Gasteiger charge is 2.20. The lowest BCUT2D eigenvalue weighted by atomic mass is 9.97. The van der Waals surface area contributed by atoms with Crippen molar-refractivity contribution >= 4 is 18.3 Å². The molecule has 0 radical (unpaired) electrons. The number of carbonyl (C=O) groups excluding carboxylic acids is 1. The summed E-state index contributed by atoms with van der Waals surface area (Å²) in [5.74, 6) is -0.0210. The van der Waals surface area contributed by atoms with Gasteiger partial charge in [-0.3, -0.25) is 4.79 Å². The number of rotatable bonds is 0. The number of amides is 1. The van der Waals surface area contributed by atoms with Gasteiger partial charge in [-0.05, 0) is 11.6 Å². The van der Waals surface area contributed by atoms with Gasteiger partial charge in [0.2, 0.25) is 0 Å². The first-order valence-corrected chi connectivity index (χ1v) is 3.92. The topological polar surface area (TPSA) is 55.1 Å². The summed E-state index contributed by atoms with van der Waals surface area (Å²) in [5.41, 5.74) is 7.44. The fourth-order valence-electron chi connectivity index (χ4n) is 1.43. The molecule has 0 bridgehead atoms. The largest absolute Gasteiger partial charge is 0.350 e. The molecule has 1 aliphatic rings. The molecule has 1 aliphatic heterocycles. The van der Waals surface area contributed by atoms with Crippen molar-refractivity contribution in [3.8, 4) is 0 Å². The van der Waals surface area contributed by atoms with Gasteiger partial charge in [0.15, 0.2) is 0 Å². The van der Waals surface area contributed by atoms with E-state index in [1.165, 1.54) is 0 Å². The van der Waals surface area contributed by atoms with Crippen molar-refractivity contribution < 1.29 is 4.79 Å². The fraction of sp³-hybridized carbons (Fsp3) is 0.222. The molecule has 0 saturated heterocycles. The zero-order valence-electron chi connectivity index (χ0n) is 6.99. The molecule has 1 amide bonds. The predicted octanol–water partition coefficient (Wildman–Crippen LogP) is 0.852. The van der Waals surface area contributed by atoms with Gasteiger partial charge in [-0.2, -0.15) is 0 Å². The first-order chi connectivity index (χ1) is 5.79. The standard InChI is InChI=1S/C9H10N2O.ClH/c10-8-5-11-9(12)7-4-2-1-3-6(7)8;/h1-4,8H,5,10H2,(H,11,12);1H. The molecule has 0 saturated carbocycles. The van der Waals surface area contributed by atoms with Gasteiger partial charge in [-0.15, -0.1) is 12.4 Å². The molecule has 0 spiro atoms. The van der Waals surface area contributed by atoms with Crippen LogP contribution in [-0.4, -0.2) is 12.5 Å². The number of halogens is 1. The minimum atomic E-state index is -0.0566. The van der Waals surface area contributed by atoms with Crippen LogP contribution in [0.1, 0.15) is 22.0 Å². The molecule has 1 atom stereocenters. The highest BCUT2D eigenvalue weighted by molar-refractivity contribution is 5.96. The van der Waals surface area contributed by atoms with Crippen LogP contribution in [-0.2, 0) is 0 Å². The van der Waals surface area contributed by atoms with E-state index >= 15 is 0 Å². The van der Waals surface area contributed by atoms with Crippen LogP contribution in [0.3, 0.4) is 0 Å². The van der Waals surface area contributed by atoms with Crippen molar-refractivity contribution in [1.29, 1.82) is 0 Å². The number of fused-ring (bicyclic) bond motifs is 1. The Hall–Kier alpha value is -1.06. The van der Waals surface area contributed by atoms with Gasteiger partial charge >= 0.3 is 0 Å². The highest BCUT2D eigenvalue weighted by atomic mass is 35.5. The van der Waals surface area contributed by atoms with Crippen LogP contribution in [0.4, 0.5) is 0 Å². The Bertz CT molecular complexity index is 327. The first-order valence-electron chi connectivity index (χ1n) is 3.92. The maximum absolute atomic E-state index is 11.3. The lowest BCUT2D eigenvalue weighted by Crippen LogP contribution is -2.38. The Morgan fingerprint density at radius 2 is 2.08 bits per heavy atom. The van der Waals surface area contributed by atoms with Crippen molar-refractivity contribution in [2.75, 3.05) is 6.54 Å². The van der Waals surface area contributed by atoms with Gasteiger partial charge in [0.05, 0.1) is 0 Å². The Balaban J connectivity index is 0.000000845. The minimum absolute atomic E-state index is 0. The molecule has 70 valence electrons. The number of benzene rings is 1. The average Bonchev–Trinajstić information content (AvgIpc) is 2.12. The summed E-state index contributed by atoms with van der Waals surface area (Å²) in [6.07, 6.45) is 0. The third kappa shape index (κ3) is 1.66. The Morgan fingerprint density at radius 1 is 1.38 bits per heavy atom. The van der Waals surface area contributed by atoms with Crippen LogP contribution in [0, 0.1) is 0 Å². The molecule has 0 fully saturated rings. The second kappa shape index (κ2) is 3.77. The first kappa shape index (κ1) is 10.0. The van der Waals surface area contributed by atoms with Gasteiger partial charge in [-0.1, -0.05) is 18.2 Å². The maximum Gasteiger partial charge on any atom is 0.251 e. The van der Waals surface area contributed by atoms with E-state index in [4.69, 9.17) is 5.73 Å². The summed E-state index contributed by atoms with van der Waals surface area (Å²) >= 11 is 0. The van der Waals surface area contributed by atoms with Crippen LogP contribution in [0.5, 0.6) is 0 Å². The summed E-state index contributed by atoms with van der Waals surface area (Å²) in [6, 6.07) is 7.38. The number of carbonyl (C=O) groups is 1. The van der Waals surface area contributed by atoms with Crippen molar-refractivity contribution in [3.05, 3.63) is 35.4 Å². The molecule has 1 aromatic carbocycles. The zero-order valence-corrected chi connectivity index (χ0v) is 7.80. The van der Waals surface area contributed by atoms with Gasteiger partial charge in [0.1, 0.15) is 0 Å². The molecule has 1 heterocycles. The van der Waals surface area contributed by atoms with Crippen molar-refractivity contribution in [2.45, 2.75) is 6.04 Å². The SMILES string of the molecule is Cl.NC1CNC(=O)c2ccccc21. The smallest absolute Gasteiger partial charge is 0.251 e.